The number of piperidine rings is 1. The third-order valence-electron chi connectivity index (χ3n) is 7.64. The summed E-state index contributed by atoms with van der Waals surface area (Å²) in [6, 6.07) is 3.19. The number of hydrogen-bond acceptors (Lipinski definition) is 10. The largest absolute Gasteiger partial charge is 0.492 e. The summed E-state index contributed by atoms with van der Waals surface area (Å²) in [5.74, 6) is -1.68. The Bertz CT molecular complexity index is 1410. The number of carboxylic acids is 1. The van der Waals surface area contributed by atoms with E-state index in [0.717, 1.165) is 24.3 Å². The van der Waals surface area contributed by atoms with Crippen molar-refractivity contribution in [2.75, 3.05) is 50.7 Å². The van der Waals surface area contributed by atoms with Crippen molar-refractivity contribution in [1.29, 1.82) is 0 Å². The van der Waals surface area contributed by atoms with Crippen LogP contribution in [0.25, 0.3) is 11.3 Å². The molecule has 2 fully saturated rings. The molecule has 2 aliphatic heterocycles. The number of carbonyl (C=O) groups is 2. The maximum atomic E-state index is 14.8. The highest BCUT2D eigenvalue weighted by molar-refractivity contribution is 7.16. The fourth-order valence-electron chi connectivity index (χ4n) is 5.42. The Morgan fingerprint density at radius 2 is 1.95 bits per heavy atom. The molecule has 2 saturated heterocycles. The third-order valence-corrected chi connectivity index (χ3v) is 8.87. The van der Waals surface area contributed by atoms with E-state index in [1.165, 1.54) is 36.9 Å². The molecule has 2 aromatic heterocycles. The van der Waals surface area contributed by atoms with Gasteiger partial charge in [-0.05, 0) is 44.4 Å². The molecular weight excluding hydrogens is 587 g/mol. The molecule has 11 nitrogen and oxygen atoms in total. The molecule has 14 heteroatoms. The van der Waals surface area contributed by atoms with Crippen molar-refractivity contribution < 1.29 is 28.6 Å². The van der Waals surface area contributed by atoms with Crippen LogP contribution in [0.4, 0.5) is 15.3 Å². The van der Waals surface area contributed by atoms with Crippen LogP contribution in [-0.4, -0.2) is 83.3 Å². The average molecular weight is 619 g/mol. The molecule has 0 aliphatic carbocycles. The second kappa shape index (κ2) is 13.3. The molecule has 1 atom stereocenters. The van der Waals surface area contributed by atoms with Gasteiger partial charge in [0.25, 0.3) is 5.91 Å². The number of aliphatic carboxylic acids is 1. The molecule has 3 aromatic rings. The highest BCUT2D eigenvalue weighted by atomic mass is 35.5. The molecule has 5 rings (SSSR count). The zero-order chi connectivity index (χ0) is 29.8. The van der Waals surface area contributed by atoms with E-state index >= 15 is 0 Å². The monoisotopic (exact) mass is 618 g/mol. The number of rotatable bonds is 10. The minimum absolute atomic E-state index is 0.0429. The predicted octanol–water partition coefficient (Wildman–Crippen LogP) is 4.57. The van der Waals surface area contributed by atoms with Crippen molar-refractivity contribution >= 4 is 45.8 Å². The number of carboxylic acid groups (broad SMARTS) is 1. The second-order valence-corrected chi connectivity index (χ2v) is 11.8. The van der Waals surface area contributed by atoms with E-state index in [1.54, 1.807) is 13.2 Å². The number of amides is 1. The summed E-state index contributed by atoms with van der Waals surface area (Å²) >= 11 is 7.61. The first-order chi connectivity index (χ1) is 20.3. The van der Waals surface area contributed by atoms with Gasteiger partial charge < -0.3 is 19.5 Å². The highest BCUT2D eigenvalue weighted by Crippen LogP contribution is 2.38. The summed E-state index contributed by atoms with van der Waals surface area (Å²) < 4.78 is 25.3. The van der Waals surface area contributed by atoms with Crippen LogP contribution in [0.1, 0.15) is 41.0 Å². The van der Waals surface area contributed by atoms with Gasteiger partial charge in [-0.3, -0.25) is 19.8 Å². The summed E-state index contributed by atoms with van der Waals surface area (Å²) in [6.07, 6.45) is 6.02. The smallest absolute Gasteiger partial charge is 0.306 e. The number of hydrogen-bond donors (Lipinski definition) is 2. The van der Waals surface area contributed by atoms with Crippen molar-refractivity contribution in [3.63, 3.8) is 0 Å². The Morgan fingerprint density at radius 3 is 2.60 bits per heavy atom. The molecule has 0 unspecified atom stereocenters. The number of halogens is 2. The molecule has 1 amide bonds. The van der Waals surface area contributed by atoms with Gasteiger partial charge in [0, 0.05) is 43.2 Å². The summed E-state index contributed by atoms with van der Waals surface area (Å²) in [6.45, 7) is 3.16. The minimum atomic E-state index is -0.781. The maximum absolute atomic E-state index is 14.8. The first-order valence-corrected chi connectivity index (χ1v) is 14.8. The van der Waals surface area contributed by atoms with Crippen LogP contribution in [-0.2, 0) is 16.1 Å². The Morgan fingerprint density at radius 1 is 1.17 bits per heavy atom. The first kappa shape index (κ1) is 30.1. The quantitative estimate of drug-likeness (QED) is 0.333. The molecule has 2 N–H and O–H groups in total. The number of benzene rings is 1. The molecule has 0 spiro atoms. The van der Waals surface area contributed by atoms with Gasteiger partial charge in [0.1, 0.15) is 11.5 Å². The molecule has 1 aromatic carbocycles. The second-order valence-electron chi connectivity index (χ2n) is 10.3. The molecule has 224 valence electrons. The van der Waals surface area contributed by atoms with E-state index in [1.807, 2.05) is 4.90 Å². The standard InChI is InChI=1S/C28H32ClFN6O5S/c1-40-15-18-4-3-7-36(18)14-22-24(17-10-19(29)25(41-2)20(30)11-17)33-28(42-22)34-26(37)21-12-32-23(13-31-21)35-8-5-16(6-9-35)27(38)39/h10-13,16,18H,3-9,14-15H2,1-2H3,(H,38,39)(H,33,34,37)/t18-/m0/s1. The molecule has 0 saturated carbocycles. The van der Waals surface area contributed by atoms with E-state index in [-0.39, 0.29) is 28.4 Å². The summed E-state index contributed by atoms with van der Waals surface area (Å²) in [5, 5.41) is 12.5. The summed E-state index contributed by atoms with van der Waals surface area (Å²) in [4.78, 5) is 42.8. The van der Waals surface area contributed by atoms with Crippen LogP contribution in [0.3, 0.4) is 0 Å². The van der Waals surface area contributed by atoms with Crippen molar-refractivity contribution in [1.82, 2.24) is 19.9 Å². The molecular formula is C28H32ClFN6O5S. The van der Waals surface area contributed by atoms with Gasteiger partial charge in [0.05, 0.1) is 42.7 Å². The molecule has 2 aliphatic rings. The lowest BCUT2D eigenvalue weighted by molar-refractivity contribution is -0.142. The SMILES string of the molecule is COC[C@@H]1CCCN1Cc1sc(NC(=O)c2cnc(N3CCC(C(=O)O)CC3)cn2)nc1-c1cc(F)c(OC)c(Cl)c1. The zero-order valence-electron chi connectivity index (χ0n) is 23.3. The number of aromatic nitrogens is 3. The van der Waals surface area contributed by atoms with Crippen LogP contribution < -0.4 is 15.0 Å². The number of nitrogens with zero attached hydrogens (tertiary/aromatic N) is 5. The third kappa shape index (κ3) is 6.64. The number of likely N-dealkylation sites (tertiary alicyclic amines) is 1. The number of thiazole rings is 1. The molecule has 4 heterocycles. The summed E-state index contributed by atoms with van der Waals surface area (Å²) in [5.41, 5.74) is 1.10. The average Bonchev–Trinajstić information content (AvgIpc) is 3.59. The normalized spacial score (nSPS) is 17.9. The molecule has 0 bridgehead atoms. The first-order valence-electron chi connectivity index (χ1n) is 13.6. The van der Waals surface area contributed by atoms with E-state index < -0.39 is 17.7 Å². The fourth-order valence-corrected chi connectivity index (χ4v) is 6.71. The van der Waals surface area contributed by atoms with E-state index in [4.69, 9.17) is 21.1 Å². The van der Waals surface area contributed by atoms with Gasteiger partial charge in [-0.15, -0.1) is 0 Å². The van der Waals surface area contributed by atoms with Gasteiger partial charge in [0.2, 0.25) is 0 Å². The number of ether oxygens (including phenoxy) is 2. The van der Waals surface area contributed by atoms with E-state index in [0.29, 0.717) is 61.3 Å². The van der Waals surface area contributed by atoms with Crippen LogP contribution in [0.15, 0.2) is 24.5 Å². The molecule has 0 radical (unpaired) electrons. The van der Waals surface area contributed by atoms with Gasteiger partial charge in [-0.25, -0.2) is 19.3 Å². The Balaban J connectivity index is 1.35. The number of carbonyl (C=O) groups excluding carboxylic acids is 1. The Kier molecular flexibility index (Phi) is 9.51. The Labute approximate surface area is 251 Å². The van der Waals surface area contributed by atoms with Gasteiger partial charge in [-0.2, -0.15) is 0 Å². The lowest BCUT2D eigenvalue weighted by atomic mass is 9.97. The Hall–Kier alpha value is -3.39. The van der Waals surface area contributed by atoms with Crippen molar-refractivity contribution in [2.45, 2.75) is 38.3 Å². The van der Waals surface area contributed by atoms with Crippen LogP contribution in [0, 0.1) is 11.7 Å². The number of nitrogens with one attached hydrogen (secondary N) is 1. The van der Waals surface area contributed by atoms with Crippen molar-refractivity contribution in [3.05, 3.63) is 45.9 Å². The maximum Gasteiger partial charge on any atom is 0.306 e. The number of anilines is 2. The van der Waals surface area contributed by atoms with Crippen molar-refractivity contribution in [3.8, 4) is 17.0 Å². The van der Waals surface area contributed by atoms with Crippen molar-refractivity contribution in [2.24, 2.45) is 5.92 Å². The lowest BCUT2D eigenvalue weighted by Crippen LogP contribution is -2.36. The van der Waals surface area contributed by atoms with Gasteiger partial charge in [-0.1, -0.05) is 22.9 Å². The van der Waals surface area contributed by atoms with Crippen LogP contribution in [0.5, 0.6) is 5.75 Å². The highest BCUT2D eigenvalue weighted by Gasteiger charge is 2.28. The lowest BCUT2D eigenvalue weighted by Gasteiger charge is -2.30. The molecule has 42 heavy (non-hydrogen) atoms. The fraction of sp³-hybridized carbons (Fsp3) is 0.464. The zero-order valence-corrected chi connectivity index (χ0v) is 24.9. The minimum Gasteiger partial charge on any atom is -0.492 e. The van der Waals surface area contributed by atoms with Gasteiger partial charge >= 0.3 is 5.97 Å². The van der Waals surface area contributed by atoms with Gasteiger partial charge in [0.15, 0.2) is 16.7 Å². The summed E-state index contributed by atoms with van der Waals surface area (Å²) in [7, 11) is 3.03. The van der Waals surface area contributed by atoms with E-state index in [2.05, 4.69) is 25.2 Å². The topological polar surface area (TPSA) is 130 Å². The number of methoxy groups -OCH3 is 2. The van der Waals surface area contributed by atoms with E-state index in [9.17, 15) is 19.1 Å². The van der Waals surface area contributed by atoms with Crippen LogP contribution >= 0.6 is 22.9 Å². The van der Waals surface area contributed by atoms with Crippen LogP contribution in [0.2, 0.25) is 5.02 Å². The predicted molar refractivity (Wildman–Crippen MR) is 157 cm³/mol.